The van der Waals surface area contributed by atoms with E-state index in [1.165, 1.54) is 0 Å². The Bertz CT molecular complexity index is 384. The number of hydrogen-bond donors (Lipinski definition) is 1. The van der Waals surface area contributed by atoms with Gasteiger partial charge in [-0.2, -0.15) is 0 Å². The molecule has 0 heterocycles. The van der Waals surface area contributed by atoms with Crippen LogP contribution in [0, 0.1) is 0 Å². The summed E-state index contributed by atoms with van der Waals surface area (Å²) in [5.74, 6) is -1.28. The molecule has 0 radical (unpaired) electrons. The minimum Gasteiger partial charge on any atom is -0.481 e. The highest BCUT2D eigenvalue weighted by atomic mass is 16.5. The third kappa shape index (κ3) is 3.38. The molecule has 0 atom stereocenters. The van der Waals surface area contributed by atoms with Crippen LogP contribution < -0.4 is 0 Å². The minimum atomic E-state index is -0.876. The zero-order chi connectivity index (χ0) is 12.0. The number of carbonyl (C=O) groups is 2. The summed E-state index contributed by atoms with van der Waals surface area (Å²) in [4.78, 5) is 22.0. The Morgan fingerprint density at radius 1 is 1.31 bits per heavy atom. The van der Waals surface area contributed by atoms with Crippen LogP contribution in [-0.2, 0) is 16.0 Å². The molecule has 1 rings (SSSR count). The summed E-state index contributed by atoms with van der Waals surface area (Å²) in [7, 11) is 0. The molecule has 86 valence electrons. The van der Waals surface area contributed by atoms with E-state index in [4.69, 9.17) is 9.84 Å². The fourth-order valence-corrected chi connectivity index (χ4v) is 1.39. The van der Waals surface area contributed by atoms with Crippen LogP contribution >= 0.6 is 0 Å². The Morgan fingerprint density at radius 2 is 2.00 bits per heavy atom. The Kier molecular flexibility index (Phi) is 4.51. The molecule has 16 heavy (non-hydrogen) atoms. The molecule has 0 fully saturated rings. The first kappa shape index (κ1) is 12.2. The van der Waals surface area contributed by atoms with Crippen molar-refractivity contribution in [1.29, 1.82) is 0 Å². The molecule has 0 aliphatic carbocycles. The van der Waals surface area contributed by atoms with Crippen LogP contribution in [0.3, 0.4) is 0 Å². The van der Waals surface area contributed by atoms with Gasteiger partial charge in [0.05, 0.1) is 12.2 Å². The molecule has 0 saturated heterocycles. The van der Waals surface area contributed by atoms with Gasteiger partial charge in [-0.25, -0.2) is 4.79 Å². The van der Waals surface area contributed by atoms with Gasteiger partial charge in [-0.05, 0) is 25.0 Å². The van der Waals surface area contributed by atoms with E-state index in [0.717, 1.165) is 0 Å². The number of carboxylic acids is 1. The molecular formula is C12H14O4. The van der Waals surface area contributed by atoms with Gasteiger partial charge in [-0.3, -0.25) is 4.79 Å². The lowest BCUT2D eigenvalue weighted by atomic mass is 10.0. The normalized spacial score (nSPS) is 9.81. The Labute approximate surface area is 93.9 Å². The van der Waals surface area contributed by atoms with Crippen LogP contribution in [0.25, 0.3) is 0 Å². The summed E-state index contributed by atoms with van der Waals surface area (Å²) in [6, 6.07) is 6.90. The molecule has 4 nitrogen and oxygen atoms in total. The second kappa shape index (κ2) is 5.90. The van der Waals surface area contributed by atoms with Gasteiger partial charge in [0.15, 0.2) is 0 Å². The van der Waals surface area contributed by atoms with E-state index in [2.05, 4.69) is 0 Å². The van der Waals surface area contributed by atoms with Crippen molar-refractivity contribution in [3.05, 3.63) is 35.4 Å². The summed E-state index contributed by atoms with van der Waals surface area (Å²) in [5.41, 5.74) is 1.16. The van der Waals surface area contributed by atoms with Crippen molar-refractivity contribution in [1.82, 2.24) is 0 Å². The van der Waals surface area contributed by atoms with E-state index < -0.39 is 11.9 Å². The van der Waals surface area contributed by atoms with Crippen molar-refractivity contribution in [3.63, 3.8) is 0 Å². The van der Waals surface area contributed by atoms with Gasteiger partial charge in [0.1, 0.15) is 0 Å². The van der Waals surface area contributed by atoms with Crippen LogP contribution in [0.5, 0.6) is 0 Å². The van der Waals surface area contributed by atoms with Crippen molar-refractivity contribution in [2.75, 3.05) is 6.61 Å². The van der Waals surface area contributed by atoms with Gasteiger partial charge in [-0.1, -0.05) is 18.2 Å². The highest BCUT2D eigenvalue weighted by Gasteiger charge is 2.12. The average Bonchev–Trinajstić information content (AvgIpc) is 2.27. The Morgan fingerprint density at radius 3 is 2.62 bits per heavy atom. The van der Waals surface area contributed by atoms with Crippen LogP contribution in [0.1, 0.15) is 29.3 Å². The smallest absolute Gasteiger partial charge is 0.338 e. The van der Waals surface area contributed by atoms with Crippen LogP contribution in [-0.4, -0.2) is 23.7 Å². The lowest BCUT2D eigenvalue weighted by Gasteiger charge is -2.07. The maximum Gasteiger partial charge on any atom is 0.338 e. The first-order valence-corrected chi connectivity index (χ1v) is 5.12. The number of aliphatic carboxylic acids is 1. The molecule has 4 heteroatoms. The zero-order valence-electron chi connectivity index (χ0n) is 9.10. The number of carboxylic acid groups (broad SMARTS) is 1. The molecule has 0 unspecified atom stereocenters. The van der Waals surface area contributed by atoms with Gasteiger partial charge in [0, 0.05) is 6.42 Å². The number of carbonyl (C=O) groups excluding carboxylic acids is 1. The van der Waals surface area contributed by atoms with Gasteiger partial charge in [-0.15, -0.1) is 0 Å². The topological polar surface area (TPSA) is 63.6 Å². The highest BCUT2D eigenvalue weighted by Crippen LogP contribution is 2.12. The third-order valence-electron chi connectivity index (χ3n) is 2.12. The minimum absolute atomic E-state index is 0.0103. The zero-order valence-corrected chi connectivity index (χ0v) is 9.10. The van der Waals surface area contributed by atoms with E-state index in [9.17, 15) is 9.59 Å². The van der Waals surface area contributed by atoms with Gasteiger partial charge >= 0.3 is 11.9 Å². The monoisotopic (exact) mass is 222 g/mol. The first-order chi connectivity index (χ1) is 7.65. The van der Waals surface area contributed by atoms with Crippen molar-refractivity contribution >= 4 is 11.9 Å². The first-order valence-electron chi connectivity index (χ1n) is 5.12. The SMILES string of the molecule is CCOC(=O)c1ccccc1CCC(=O)O. The fraction of sp³-hybridized carbons (Fsp3) is 0.333. The van der Waals surface area contributed by atoms with Gasteiger partial charge < -0.3 is 9.84 Å². The van der Waals surface area contributed by atoms with Crippen molar-refractivity contribution in [2.24, 2.45) is 0 Å². The highest BCUT2D eigenvalue weighted by molar-refractivity contribution is 5.91. The van der Waals surface area contributed by atoms with E-state index in [-0.39, 0.29) is 6.42 Å². The summed E-state index contributed by atoms with van der Waals surface area (Å²) < 4.78 is 4.89. The third-order valence-corrected chi connectivity index (χ3v) is 2.12. The molecule has 0 spiro atoms. The number of esters is 1. The lowest BCUT2D eigenvalue weighted by Crippen LogP contribution is -2.09. The molecule has 0 aromatic heterocycles. The second-order valence-corrected chi connectivity index (χ2v) is 3.27. The lowest BCUT2D eigenvalue weighted by molar-refractivity contribution is -0.136. The maximum absolute atomic E-state index is 11.5. The maximum atomic E-state index is 11.5. The predicted octanol–water partition coefficient (Wildman–Crippen LogP) is 1.88. The molecule has 0 bridgehead atoms. The van der Waals surface area contributed by atoms with Crippen molar-refractivity contribution < 1.29 is 19.4 Å². The molecule has 0 aliphatic heterocycles. The van der Waals surface area contributed by atoms with E-state index in [1.807, 2.05) is 0 Å². The summed E-state index contributed by atoms with van der Waals surface area (Å²) >= 11 is 0. The molecule has 0 aliphatic rings. The summed E-state index contributed by atoms with van der Waals surface area (Å²) in [6.45, 7) is 2.05. The van der Waals surface area contributed by atoms with Crippen molar-refractivity contribution in [3.8, 4) is 0 Å². The molecular weight excluding hydrogens is 208 g/mol. The van der Waals surface area contributed by atoms with E-state index in [0.29, 0.717) is 24.2 Å². The Hall–Kier alpha value is -1.84. The Balaban J connectivity index is 2.82. The van der Waals surface area contributed by atoms with Crippen LogP contribution in [0.15, 0.2) is 24.3 Å². The number of rotatable bonds is 5. The van der Waals surface area contributed by atoms with Crippen LogP contribution in [0.4, 0.5) is 0 Å². The van der Waals surface area contributed by atoms with Gasteiger partial charge in [0.2, 0.25) is 0 Å². The largest absolute Gasteiger partial charge is 0.481 e. The quantitative estimate of drug-likeness (QED) is 0.772. The number of ether oxygens (including phenoxy) is 1. The molecule has 0 amide bonds. The van der Waals surface area contributed by atoms with Crippen molar-refractivity contribution in [2.45, 2.75) is 19.8 Å². The molecule has 0 saturated carbocycles. The van der Waals surface area contributed by atoms with E-state index >= 15 is 0 Å². The summed E-state index contributed by atoms with van der Waals surface area (Å²) in [5, 5.41) is 8.59. The molecule has 1 N–H and O–H groups in total. The molecule has 1 aromatic rings. The van der Waals surface area contributed by atoms with Crippen LogP contribution in [0.2, 0.25) is 0 Å². The number of hydrogen-bond acceptors (Lipinski definition) is 3. The predicted molar refractivity (Wildman–Crippen MR) is 58.4 cm³/mol. The fourth-order valence-electron chi connectivity index (χ4n) is 1.39. The summed E-state index contributed by atoms with van der Waals surface area (Å²) in [6.07, 6.45) is 0.348. The van der Waals surface area contributed by atoms with E-state index in [1.54, 1.807) is 31.2 Å². The number of benzene rings is 1. The molecule has 1 aromatic carbocycles. The number of aryl methyl sites for hydroxylation is 1. The average molecular weight is 222 g/mol. The van der Waals surface area contributed by atoms with Gasteiger partial charge in [0.25, 0.3) is 0 Å². The second-order valence-electron chi connectivity index (χ2n) is 3.27. The standard InChI is InChI=1S/C12H14O4/c1-2-16-12(15)10-6-4-3-5-9(10)7-8-11(13)14/h3-6H,2,7-8H2,1H3,(H,13,14).